The van der Waals surface area contributed by atoms with Crippen LogP contribution in [0.4, 0.5) is 0 Å². The van der Waals surface area contributed by atoms with Crippen molar-refractivity contribution in [2.75, 3.05) is 26.2 Å². The van der Waals surface area contributed by atoms with Gasteiger partial charge < -0.3 is 14.4 Å². The van der Waals surface area contributed by atoms with Crippen molar-refractivity contribution < 1.29 is 22.7 Å². The molecule has 1 heterocycles. The van der Waals surface area contributed by atoms with E-state index in [9.17, 15) is 13.2 Å². The molecule has 3 rings (SSSR count). The van der Waals surface area contributed by atoms with Gasteiger partial charge in [-0.2, -0.15) is 0 Å². The highest BCUT2D eigenvalue weighted by Crippen LogP contribution is 2.17. The molecule has 0 atom stereocenters. The lowest BCUT2D eigenvalue weighted by Crippen LogP contribution is -2.42. The van der Waals surface area contributed by atoms with E-state index < -0.39 is 10.0 Å². The molecule has 0 spiro atoms. The molecule has 1 saturated heterocycles. The van der Waals surface area contributed by atoms with Gasteiger partial charge in [-0.05, 0) is 49.6 Å². The number of amides is 1. The number of piperidine rings is 1. The number of hydrogen-bond acceptors (Lipinski definition) is 5. The van der Waals surface area contributed by atoms with Crippen LogP contribution < -0.4 is 9.46 Å². The Morgan fingerprint density at radius 3 is 2.39 bits per heavy atom. The van der Waals surface area contributed by atoms with Crippen molar-refractivity contribution in [3.05, 3.63) is 60.2 Å². The first kappa shape index (κ1) is 23.2. The van der Waals surface area contributed by atoms with Crippen LogP contribution in [0.25, 0.3) is 0 Å². The first-order chi connectivity index (χ1) is 15.0. The Kier molecular flexibility index (Phi) is 8.45. The van der Waals surface area contributed by atoms with Gasteiger partial charge in [-0.25, -0.2) is 13.1 Å². The predicted octanol–water partition coefficient (Wildman–Crippen LogP) is 2.96. The smallest absolute Gasteiger partial charge is 0.240 e. The highest BCUT2D eigenvalue weighted by molar-refractivity contribution is 7.89. The van der Waals surface area contributed by atoms with Gasteiger partial charge in [0.2, 0.25) is 15.9 Å². The lowest BCUT2D eigenvalue weighted by Gasteiger charge is -2.32. The molecular formula is C23H30N2O5S. The summed E-state index contributed by atoms with van der Waals surface area (Å²) in [4.78, 5) is 14.4. The molecule has 0 aliphatic carbocycles. The van der Waals surface area contributed by atoms with E-state index in [2.05, 4.69) is 4.72 Å². The number of ether oxygens (including phenoxy) is 2. The van der Waals surface area contributed by atoms with Gasteiger partial charge in [-0.3, -0.25) is 4.79 Å². The lowest BCUT2D eigenvalue weighted by molar-refractivity contribution is -0.133. The maximum absolute atomic E-state index is 12.5. The van der Waals surface area contributed by atoms with E-state index in [1.807, 2.05) is 37.3 Å². The summed E-state index contributed by atoms with van der Waals surface area (Å²) < 4.78 is 38.6. The predicted molar refractivity (Wildman–Crippen MR) is 118 cm³/mol. The van der Waals surface area contributed by atoms with Gasteiger partial charge in [0, 0.05) is 26.1 Å². The third-order valence-corrected chi connectivity index (χ3v) is 6.68. The zero-order valence-electron chi connectivity index (χ0n) is 17.8. The summed E-state index contributed by atoms with van der Waals surface area (Å²) in [5.74, 6) is 0.573. The third kappa shape index (κ3) is 7.05. The maximum atomic E-state index is 12.5. The van der Waals surface area contributed by atoms with E-state index in [1.165, 1.54) is 12.1 Å². The van der Waals surface area contributed by atoms with Crippen LogP contribution in [0.5, 0.6) is 5.75 Å². The summed E-state index contributed by atoms with van der Waals surface area (Å²) >= 11 is 0. The van der Waals surface area contributed by atoms with Crippen molar-refractivity contribution in [1.29, 1.82) is 0 Å². The molecule has 2 aromatic carbocycles. The Morgan fingerprint density at radius 2 is 1.74 bits per heavy atom. The Morgan fingerprint density at radius 1 is 1.06 bits per heavy atom. The number of carbonyl (C=O) groups excluding carboxylic acids is 1. The largest absolute Gasteiger partial charge is 0.494 e. The van der Waals surface area contributed by atoms with Crippen LogP contribution in [-0.2, 0) is 26.2 Å². The van der Waals surface area contributed by atoms with Gasteiger partial charge in [0.15, 0.2) is 0 Å². The summed E-state index contributed by atoms with van der Waals surface area (Å²) in [6, 6.07) is 16.3. The molecule has 0 unspecified atom stereocenters. The SMILES string of the molecule is CCOc1ccc(S(=O)(=O)NCCC(=O)N2CCC(OCc3ccccc3)CC2)cc1. The number of benzene rings is 2. The minimum atomic E-state index is -3.66. The number of nitrogens with one attached hydrogen (secondary N) is 1. The fourth-order valence-corrected chi connectivity index (χ4v) is 4.51. The molecule has 0 radical (unpaired) electrons. The average molecular weight is 447 g/mol. The number of nitrogens with zero attached hydrogens (tertiary/aromatic N) is 1. The summed E-state index contributed by atoms with van der Waals surface area (Å²) in [5, 5.41) is 0. The maximum Gasteiger partial charge on any atom is 0.240 e. The van der Waals surface area contributed by atoms with E-state index in [1.54, 1.807) is 17.0 Å². The zero-order chi connectivity index (χ0) is 22.1. The first-order valence-corrected chi connectivity index (χ1v) is 12.1. The second kappa shape index (κ2) is 11.3. The molecule has 1 fully saturated rings. The molecule has 1 amide bonds. The van der Waals surface area contributed by atoms with E-state index in [4.69, 9.17) is 9.47 Å². The van der Waals surface area contributed by atoms with Crippen molar-refractivity contribution in [2.24, 2.45) is 0 Å². The topological polar surface area (TPSA) is 84.9 Å². The van der Waals surface area contributed by atoms with Crippen molar-refractivity contribution >= 4 is 15.9 Å². The Bertz CT molecular complexity index is 924. The minimum Gasteiger partial charge on any atom is -0.494 e. The van der Waals surface area contributed by atoms with E-state index in [0.717, 1.165) is 18.4 Å². The van der Waals surface area contributed by atoms with Gasteiger partial charge in [0.05, 0.1) is 24.2 Å². The van der Waals surface area contributed by atoms with Gasteiger partial charge in [0.25, 0.3) is 0 Å². The van der Waals surface area contributed by atoms with Crippen molar-refractivity contribution in [2.45, 2.75) is 43.8 Å². The van der Waals surface area contributed by atoms with Crippen LogP contribution >= 0.6 is 0 Å². The van der Waals surface area contributed by atoms with Crippen LogP contribution in [0.15, 0.2) is 59.5 Å². The second-order valence-corrected chi connectivity index (χ2v) is 9.20. The number of likely N-dealkylation sites (tertiary alicyclic amines) is 1. The Balaban J connectivity index is 1.38. The van der Waals surface area contributed by atoms with E-state index in [0.29, 0.717) is 32.1 Å². The van der Waals surface area contributed by atoms with Crippen LogP contribution in [-0.4, -0.2) is 51.6 Å². The molecule has 1 aliphatic rings. The molecule has 7 nitrogen and oxygen atoms in total. The molecular weight excluding hydrogens is 416 g/mol. The van der Waals surface area contributed by atoms with Crippen LogP contribution in [0.3, 0.4) is 0 Å². The number of rotatable bonds is 10. The zero-order valence-corrected chi connectivity index (χ0v) is 18.6. The summed E-state index contributed by atoms with van der Waals surface area (Å²) in [7, 11) is -3.66. The second-order valence-electron chi connectivity index (χ2n) is 7.43. The summed E-state index contributed by atoms with van der Waals surface area (Å²) in [6.07, 6.45) is 1.85. The normalized spacial score (nSPS) is 15.1. The van der Waals surface area contributed by atoms with Gasteiger partial charge in [0.1, 0.15) is 5.75 Å². The quantitative estimate of drug-likeness (QED) is 0.607. The molecule has 168 valence electrons. The van der Waals surface area contributed by atoms with E-state index in [-0.39, 0.29) is 29.9 Å². The number of sulfonamides is 1. The fraction of sp³-hybridized carbons (Fsp3) is 0.435. The molecule has 0 aromatic heterocycles. The first-order valence-electron chi connectivity index (χ1n) is 10.6. The van der Waals surface area contributed by atoms with Gasteiger partial charge in [-0.1, -0.05) is 30.3 Å². The van der Waals surface area contributed by atoms with Crippen LogP contribution in [0.1, 0.15) is 31.7 Å². The van der Waals surface area contributed by atoms with Crippen LogP contribution in [0, 0.1) is 0 Å². The summed E-state index contributed by atoms with van der Waals surface area (Å²) in [5.41, 5.74) is 1.14. The van der Waals surface area contributed by atoms with Gasteiger partial charge >= 0.3 is 0 Å². The van der Waals surface area contributed by atoms with Crippen molar-refractivity contribution in [3.8, 4) is 5.75 Å². The molecule has 1 aliphatic heterocycles. The molecule has 0 saturated carbocycles. The third-order valence-electron chi connectivity index (χ3n) is 5.20. The standard InChI is InChI=1S/C23H30N2O5S/c1-2-29-20-8-10-22(11-9-20)31(27,28)24-15-12-23(26)25-16-13-21(14-17-25)30-18-19-6-4-3-5-7-19/h3-11,21,24H,2,12-18H2,1H3. The molecule has 31 heavy (non-hydrogen) atoms. The monoisotopic (exact) mass is 446 g/mol. The molecule has 1 N–H and O–H groups in total. The molecule has 8 heteroatoms. The van der Waals surface area contributed by atoms with Crippen molar-refractivity contribution in [3.63, 3.8) is 0 Å². The lowest BCUT2D eigenvalue weighted by atomic mass is 10.1. The minimum absolute atomic E-state index is 0.0455. The molecule has 0 bridgehead atoms. The van der Waals surface area contributed by atoms with Crippen molar-refractivity contribution in [1.82, 2.24) is 9.62 Å². The highest BCUT2D eigenvalue weighted by Gasteiger charge is 2.23. The van der Waals surface area contributed by atoms with E-state index >= 15 is 0 Å². The fourth-order valence-electron chi connectivity index (χ4n) is 3.48. The number of hydrogen-bond donors (Lipinski definition) is 1. The average Bonchev–Trinajstić information content (AvgIpc) is 2.79. The number of carbonyl (C=O) groups is 1. The highest BCUT2D eigenvalue weighted by atomic mass is 32.2. The Hall–Kier alpha value is -2.42. The molecule has 2 aromatic rings. The van der Waals surface area contributed by atoms with Crippen LogP contribution in [0.2, 0.25) is 0 Å². The Labute approximate surface area is 184 Å². The summed E-state index contributed by atoms with van der Waals surface area (Å²) in [6.45, 7) is 4.28. The van der Waals surface area contributed by atoms with Gasteiger partial charge in [-0.15, -0.1) is 0 Å².